The first kappa shape index (κ1) is 10.5. The fourth-order valence-electron chi connectivity index (χ4n) is 2.43. The topological polar surface area (TPSA) is 29.5 Å². The average molecular weight is 209 g/mol. The molecule has 0 saturated carbocycles. The average Bonchev–Trinajstić information content (AvgIpc) is 2.59. The Labute approximate surface area is 91.1 Å². The second-order valence-electron chi connectivity index (χ2n) is 4.55. The van der Waals surface area contributed by atoms with Crippen molar-refractivity contribution in [1.82, 2.24) is 4.90 Å². The summed E-state index contributed by atoms with van der Waals surface area (Å²) in [6.07, 6.45) is 6.16. The van der Waals surface area contributed by atoms with Gasteiger partial charge in [-0.15, -0.1) is 0 Å². The third-order valence-electron chi connectivity index (χ3n) is 3.33. The van der Waals surface area contributed by atoms with Gasteiger partial charge in [-0.3, -0.25) is 4.79 Å². The summed E-state index contributed by atoms with van der Waals surface area (Å²) in [6, 6.07) is 0.720. The van der Waals surface area contributed by atoms with Crippen LogP contribution in [-0.4, -0.2) is 29.5 Å². The van der Waals surface area contributed by atoms with Crippen LogP contribution in [0.25, 0.3) is 0 Å². The van der Waals surface area contributed by atoms with Crippen molar-refractivity contribution in [2.45, 2.75) is 51.6 Å². The minimum Gasteiger partial charge on any atom is -0.488 e. The summed E-state index contributed by atoms with van der Waals surface area (Å²) in [5.74, 6) is 0.661. The van der Waals surface area contributed by atoms with Gasteiger partial charge in [0.1, 0.15) is 0 Å². The summed E-state index contributed by atoms with van der Waals surface area (Å²) in [7, 11) is 0. The van der Waals surface area contributed by atoms with Gasteiger partial charge in [-0.1, -0.05) is 0 Å². The first-order chi connectivity index (χ1) is 7.20. The number of likely N-dealkylation sites (tertiary alicyclic amines) is 1. The van der Waals surface area contributed by atoms with Crippen LogP contribution >= 0.6 is 0 Å². The van der Waals surface area contributed by atoms with Crippen LogP contribution < -0.4 is 0 Å². The molecule has 1 fully saturated rings. The smallest absolute Gasteiger partial charge is 0.289 e. The number of allylic oxidation sites excluding steroid dienone is 1. The molecule has 0 aromatic rings. The molecule has 0 radical (unpaired) electrons. The second kappa shape index (κ2) is 4.25. The van der Waals surface area contributed by atoms with Gasteiger partial charge < -0.3 is 9.64 Å². The van der Waals surface area contributed by atoms with E-state index in [0.29, 0.717) is 24.4 Å². The quantitative estimate of drug-likeness (QED) is 0.661. The molecule has 2 rings (SSSR count). The second-order valence-corrected chi connectivity index (χ2v) is 4.55. The number of hydrogen-bond donors (Lipinski definition) is 0. The molecule has 3 nitrogen and oxygen atoms in total. The normalized spacial score (nSPS) is 31.1. The fraction of sp³-hybridized carbons (Fsp3) is 0.750. The minimum absolute atomic E-state index is 0.0900. The highest BCUT2D eigenvalue weighted by atomic mass is 16.5. The molecule has 0 aliphatic carbocycles. The summed E-state index contributed by atoms with van der Waals surface area (Å²) in [5, 5.41) is 0. The van der Waals surface area contributed by atoms with Gasteiger partial charge in [0.15, 0.2) is 5.76 Å². The monoisotopic (exact) mass is 209 g/mol. The van der Waals surface area contributed by atoms with Gasteiger partial charge >= 0.3 is 0 Å². The number of rotatable bonds is 1. The third kappa shape index (κ3) is 2.01. The Bertz CT molecular complexity index is 275. The lowest BCUT2D eigenvalue weighted by Gasteiger charge is -2.28. The molecule has 0 bridgehead atoms. The number of amides is 1. The van der Waals surface area contributed by atoms with E-state index < -0.39 is 0 Å². The number of ether oxygens (including phenoxy) is 1. The molecule has 0 aromatic carbocycles. The maximum absolute atomic E-state index is 12.2. The molecule has 2 unspecified atom stereocenters. The predicted octanol–water partition coefficient (Wildman–Crippen LogP) is 2.08. The zero-order chi connectivity index (χ0) is 10.8. The van der Waals surface area contributed by atoms with Crippen LogP contribution in [0.5, 0.6) is 0 Å². The van der Waals surface area contributed by atoms with Crippen molar-refractivity contribution in [2.75, 3.05) is 6.61 Å². The van der Waals surface area contributed by atoms with Crippen LogP contribution in [0.2, 0.25) is 0 Å². The Morgan fingerprint density at radius 1 is 1.40 bits per heavy atom. The lowest BCUT2D eigenvalue weighted by atomic mass is 10.2. The number of hydrogen-bond acceptors (Lipinski definition) is 2. The van der Waals surface area contributed by atoms with Gasteiger partial charge in [-0.2, -0.15) is 0 Å². The molecule has 0 spiro atoms. The van der Waals surface area contributed by atoms with Crippen LogP contribution in [0.15, 0.2) is 11.8 Å². The zero-order valence-electron chi connectivity index (χ0n) is 9.53. The SMILES string of the molecule is CC1CCC(C)N1C(=O)C1=CCCCO1. The molecule has 1 amide bonds. The summed E-state index contributed by atoms with van der Waals surface area (Å²) < 4.78 is 5.42. The van der Waals surface area contributed by atoms with Gasteiger partial charge in [0.2, 0.25) is 0 Å². The van der Waals surface area contributed by atoms with Crippen molar-refractivity contribution in [1.29, 1.82) is 0 Å². The van der Waals surface area contributed by atoms with E-state index in [1.807, 2.05) is 11.0 Å². The highest BCUT2D eigenvalue weighted by molar-refractivity contribution is 5.92. The molecule has 2 atom stereocenters. The molecule has 2 aliphatic heterocycles. The Morgan fingerprint density at radius 3 is 2.60 bits per heavy atom. The Morgan fingerprint density at radius 2 is 2.07 bits per heavy atom. The van der Waals surface area contributed by atoms with Gasteiger partial charge in [0, 0.05) is 12.1 Å². The first-order valence-electron chi connectivity index (χ1n) is 5.86. The van der Waals surface area contributed by atoms with Crippen molar-refractivity contribution in [2.24, 2.45) is 0 Å². The molecule has 84 valence electrons. The van der Waals surface area contributed by atoms with Crippen LogP contribution in [0.3, 0.4) is 0 Å². The molecular weight excluding hydrogens is 190 g/mol. The van der Waals surface area contributed by atoms with Crippen molar-refractivity contribution in [3.05, 3.63) is 11.8 Å². The Hall–Kier alpha value is -0.990. The van der Waals surface area contributed by atoms with Crippen molar-refractivity contribution in [3.63, 3.8) is 0 Å². The van der Waals surface area contributed by atoms with Crippen LogP contribution in [-0.2, 0) is 9.53 Å². The van der Waals surface area contributed by atoms with E-state index in [9.17, 15) is 4.79 Å². The molecular formula is C12H19NO2. The standard InChI is InChI=1S/C12H19NO2/c1-9-6-7-10(2)13(9)12(14)11-5-3-4-8-15-11/h5,9-10H,3-4,6-8H2,1-2H3. The molecule has 2 aliphatic rings. The first-order valence-corrected chi connectivity index (χ1v) is 5.86. The molecule has 2 heterocycles. The third-order valence-corrected chi connectivity index (χ3v) is 3.33. The largest absolute Gasteiger partial charge is 0.488 e. The van der Waals surface area contributed by atoms with E-state index in [-0.39, 0.29) is 5.91 Å². The van der Waals surface area contributed by atoms with Crippen molar-refractivity contribution >= 4 is 5.91 Å². The lowest BCUT2D eigenvalue weighted by Crippen LogP contribution is -2.40. The highest BCUT2D eigenvalue weighted by Gasteiger charge is 2.33. The maximum Gasteiger partial charge on any atom is 0.289 e. The summed E-state index contributed by atoms with van der Waals surface area (Å²) in [4.78, 5) is 14.1. The molecule has 1 saturated heterocycles. The number of carbonyl (C=O) groups excluding carboxylic acids is 1. The molecule has 0 aromatic heterocycles. The van der Waals surface area contributed by atoms with Gasteiger partial charge in [-0.25, -0.2) is 0 Å². The molecule has 0 N–H and O–H groups in total. The van der Waals surface area contributed by atoms with Crippen LogP contribution in [0, 0.1) is 0 Å². The maximum atomic E-state index is 12.2. The van der Waals surface area contributed by atoms with E-state index in [1.54, 1.807) is 0 Å². The summed E-state index contributed by atoms with van der Waals surface area (Å²) in [5.41, 5.74) is 0. The van der Waals surface area contributed by atoms with Crippen LogP contribution in [0.4, 0.5) is 0 Å². The van der Waals surface area contributed by atoms with Crippen molar-refractivity contribution < 1.29 is 9.53 Å². The van der Waals surface area contributed by atoms with Crippen LogP contribution in [0.1, 0.15) is 39.5 Å². The van der Waals surface area contributed by atoms with Gasteiger partial charge in [-0.05, 0) is 45.6 Å². The number of nitrogens with zero attached hydrogens (tertiary/aromatic N) is 1. The van der Waals surface area contributed by atoms with Gasteiger partial charge in [0.25, 0.3) is 5.91 Å². The number of carbonyl (C=O) groups is 1. The Balaban J connectivity index is 2.09. The molecule has 3 heteroatoms. The zero-order valence-corrected chi connectivity index (χ0v) is 9.53. The Kier molecular flexibility index (Phi) is 2.98. The summed E-state index contributed by atoms with van der Waals surface area (Å²) in [6.45, 7) is 4.92. The van der Waals surface area contributed by atoms with E-state index in [4.69, 9.17) is 4.74 Å². The van der Waals surface area contributed by atoms with E-state index in [1.165, 1.54) is 0 Å². The minimum atomic E-state index is 0.0900. The summed E-state index contributed by atoms with van der Waals surface area (Å²) >= 11 is 0. The van der Waals surface area contributed by atoms with E-state index >= 15 is 0 Å². The van der Waals surface area contributed by atoms with Gasteiger partial charge in [0.05, 0.1) is 6.61 Å². The molecule has 15 heavy (non-hydrogen) atoms. The van der Waals surface area contributed by atoms with Crippen molar-refractivity contribution in [3.8, 4) is 0 Å². The van der Waals surface area contributed by atoms with E-state index in [2.05, 4.69) is 13.8 Å². The fourth-order valence-corrected chi connectivity index (χ4v) is 2.43. The lowest BCUT2D eigenvalue weighted by molar-refractivity contribution is -0.133. The highest BCUT2D eigenvalue weighted by Crippen LogP contribution is 2.26. The van der Waals surface area contributed by atoms with E-state index in [0.717, 1.165) is 25.7 Å². The predicted molar refractivity (Wildman–Crippen MR) is 58.3 cm³/mol.